The van der Waals surface area contributed by atoms with E-state index in [1.54, 1.807) is 6.07 Å². The van der Waals surface area contributed by atoms with Gasteiger partial charge in [0.2, 0.25) is 0 Å². The van der Waals surface area contributed by atoms with Crippen molar-refractivity contribution in [1.29, 1.82) is 0 Å². The Kier molecular flexibility index (Phi) is 4.39. The molecule has 4 N–H and O–H groups in total. The van der Waals surface area contributed by atoms with Gasteiger partial charge in [0, 0.05) is 12.6 Å². The van der Waals surface area contributed by atoms with Crippen LogP contribution in [0.3, 0.4) is 0 Å². The molecule has 0 saturated heterocycles. The van der Waals surface area contributed by atoms with Crippen LogP contribution in [0.1, 0.15) is 18.9 Å². The Balaban J connectivity index is 2.54. The van der Waals surface area contributed by atoms with Crippen LogP contribution >= 0.6 is 0 Å². The third-order valence-electron chi connectivity index (χ3n) is 2.35. The summed E-state index contributed by atoms with van der Waals surface area (Å²) in [4.78, 5) is 0. The van der Waals surface area contributed by atoms with Crippen molar-refractivity contribution >= 4 is 0 Å². The lowest BCUT2D eigenvalue weighted by atomic mass is 10.1. The average molecular weight is 211 g/mol. The highest BCUT2D eigenvalue weighted by Crippen LogP contribution is 2.24. The molecule has 0 spiro atoms. The molecule has 0 aliphatic rings. The van der Waals surface area contributed by atoms with E-state index in [4.69, 9.17) is 10.2 Å². The number of rotatable bonds is 5. The molecule has 0 fully saturated rings. The first-order valence-corrected chi connectivity index (χ1v) is 5.02. The van der Waals surface area contributed by atoms with E-state index in [9.17, 15) is 5.11 Å². The number of aliphatic hydroxyl groups excluding tert-OH is 1. The molecule has 15 heavy (non-hydrogen) atoms. The molecule has 0 heterocycles. The smallest absolute Gasteiger partial charge is 0.157 e. The molecule has 0 aliphatic heterocycles. The van der Waals surface area contributed by atoms with E-state index in [0.29, 0.717) is 6.54 Å². The molecule has 4 nitrogen and oxygen atoms in total. The highest BCUT2D eigenvalue weighted by Gasteiger charge is 2.04. The highest BCUT2D eigenvalue weighted by molar-refractivity contribution is 5.40. The van der Waals surface area contributed by atoms with Crippen molar-refractivity contribution in [3.8, 4) is 11.5 Å². The van der Waals surface area contributed by atoms with Crippen LogP contribution in [0.25, 0.3) is 0 Å². The maximum Gasteiger partial charge on any atom is 0.157 e. The number of nitrogens with one attached hydrogen (secondary N) is 1. The Hall–Kier alpha value is -1.26. The Morgan fingerprint density at radius 1 is 1.27 bits per heavy atom. The van der Waals surface area contributed by atoms with Gasteiger partial charge < -0.3 is 20.6 Å². The van der Waals surface area contributed by atoms with Crippen LogP contribution < -0.4 is 5.32 Å². The second kappa shape index (κ2) is 5.58. The Bertz CT molecular complexity index is 311. The maximum atomic E-state index is 9.25. The predicted octanol–water partition coefficient (Wildman–Crippen LogP) is 0.958. The zero-order valence-corrected chi connectivity index (χ0v) is 8.77. The summed E-state index contributed by atoms with van der Waals surface area (Å²) in [5, 5.41) is 30.4. The van der Waals surface area contributed by atoms with E-state index >= 15 is 0 Å². The van der Waals surface area contributed by atoms with E-state index in [-0.39, 0.29) is 24.1 Å². The molecule has 1 atom stereocenters. The summed E-state index contributed by atoms with van der Waals surface area (Å²) in [7, 11) is 0. The summed E-state index contributed by atoms with van der Waals surface area (Å²) in [6.07, 6.45) is 0.848. The fraction of sp³-hybridized carbons (Fsp3) is 0.455. The van der Waals surface area contributed by atoms with Gasteiger partial charge >= 0.3 is 0 Å². The Morgan fingerprint density at radius 2 is 2.00 bits per heavy atom. The number of aliphatic hydroxyl groups is 1. The van der Waals surface area contributed by atoms with E-state index in [2.05, 4.69) is 5.32 Å². The minimum absolute atomic E-state index is 0.0703. The third-order valence-corrected chi connectivity index (χ3v) is 2.35. The molecular weight excluding hydrogens is 194 g/mol. The normalized spacial score (nSPS) is 12.7. The monoisotopic (exact) mass is 211 g/mol. The minimum Gasteiger partial charge on any atom is -0.504 e. The average Bonchev–Trinajstić information content (AvgIpc) is 2.24. The molecule has 4 heteroatoms. The van der Waals surface area contributed by atoms with Crippen LogP contribution in [0.15, 0.2) is 18.2 Å². The van der Waals surface area contributed by atoms with Crippen molar-refractivity contribution in [2.75, 3.05) is 6.61 Å². The van der Waals surface area contributed by atoms with Crippen molar-refractivity contribution in [2.45, 2.75) is 25.9 Å². The van der Waals surface area contributed by atoms with E-state index in [1.165, 1.54) is 12.1 Å². The molecule has 0 aliphatic carbocycles. The van der Waals surface area contributed by atoms with Gasteiger partial charge in [-0.1, -0.05) is 13.0 Å². The molecule has 1 aromatic carbocycles. The van der Waals surface area contributed by atoms with Crippen molar-refractivity contribution < 1.29 is 15.3 Å². The molecule has 0 amide bonds. The van der Waals surface area contributed by atoms with Crippen LogP contribution in [0.2, 0.25) is 0 Å². The second-order valence-electron chi connectivity index (χ2n) is 3.49. The lowest BCUT2D eigenvalue weighted by Crippen LogP contribution is -2.31. The fourth-order valence-electron chi connectivity index (χ4n) is 1.28. The molecule has 84 valence electrons. The van der Waals surface area contributed by atoms with Gasteiger partial charge in [-0.15, -0.1) is 0 Å². The van der Waals surface area contributed by atoms with E-state index in [1.807, 2.05) is 6.92 Å². The molecule has 0 bridgehead atoms. The van der Waals surface area contributed by atoms with Gasteiger partial charge in [0.1, 0.15) is 0 Å². The van der Waals surface area contributed by atoms with Gasteiger partial charge in [0.15, 0.2) is 11.5 Å². The van der Waals surface area contributed by atoms with Gasteiger partial charge in [-0.2, -0.15) is 0 Å². The van der Waals surface area contributed by atoms with Crippen molar-refractivity contribution in [3.63, 3.8) is 0 Å². The lowest BCUT2D eigenvalue weighted by molar-refractivity contribution is 0.238. The first-order valence-electron chi connectivity index (χ1n) is 5.02. The minimum atomic E-state index is -0.119. The molecule has 0 aromatic heterocycles. The summed E-state index contributed by atoms with van der Waals surface area (Å²) in [6, 6.07) is 4.76. The number of benzene rings is 1. The Labute approximate surface area is 89.2 Å². The van der Waals surface area contributed by atoms with E-state index < -0.39 is 0 Å². The van der Waals surface area contributed by atoms with E-state index in [0.717, 1.165) is 12.0 Å². The van der Waals surface area contributed by atoms with Crippen molar-refractivity contribution in [2.24, 2.45) is 0 Å². The highest BCUT2D eigenvalue weighted by atomic mass is 16.3. The molecule has 0 saturated carbocycles. The molecule has 1 aromatic rings. The molecule has 0 radical (unpaired) electrons. The zero-order chi connectivity index (χ0) is 11.3. The first kappa shape index (κ1) is 11.8. The summed E-state index contributed by atoms with van der Waals surface area (Å²) in [6.45, 7) is 2.65. The van der Waals surface area contributed by atoms with Crippen LogP contribution in [0.5, 0.6) is 11.5 Å². The van der Waals surface area contributed by atoms with Crippen LogP contribution in [-0.2, 0) is 6.54 Å². The molecular formula is C11H17NO3. The number of phenolic OH excluding ortho intramolecular Hbond substituents is 2. The lowest BCUT2D eigenvalue weighted by Gasteiger charge is -2.13. The summed E-state index contributed by atoms with van der Waals surface area (Å²) in [5.41, 5.74) is 0.872. The Morgan fingerprint density at radius 3 is 2.53 bits per heavy atom. The van der Waals surface area contributed by atoms with Crippen LogP contribution in [0.4, 0.5) is 0 Å². The van der Waals surface area contributed by atoms with Crippen LogP contribution in [-0.4, -0.2) is 28.0 Å². The second-order valence-corrected chi connectivity index (χ2v) is 3.49. The standard InChI is InChI=1S/C11H17NO3/c1-2-9(7-13)12-6-8-3-4-10(14)11(15)5-8/h3-5,9,12-15H,2,6-7H2,1H3/t9-/m1/s1. The zero-order valence-electron chi connectivity index (χ0n) is 8.77. The largest absolute Gasteiger partial charge is 0.504 e. The van der Waals surface area contributed by atoms with Gasteiger partial charge in [-0.05, 0) is 24.1 Å². The van der Waals surface area contributed by atoms with Gasteiger partial charge in [0.05, 0.1) is 6.61 Å². The number of hydrogen-bond donors (Lipinski definition) is 4. The van der Waals surface area contributed by atoms with Crippen LogP contribution in [0, 0.1) is 0 Å². The number of hydrogen-bond acceptors (Lipinski definition) is 4. The summed E-state index contributed by atoms with van der Waals surface area (Å²) in [5.74, 6) is -0.237. The van der Waals surface area contributed by atoms with Gasteiger partial charge in [-0.25, -0.2) is 0 Å². The quantitative estimate of drug-likeness (QED) is 0.547. The van der Waals surface area contributed by atoms with Crippen molar-refractivity contribution in [3.05, 3.63) is 23.8 Å². The van der Waals surface area contributed by atoms with Crippen molar-refractivity contribution in [1.82, 2.24) is 5.32 Å². The van der Waals surface area contributed by atoms with Gasteiger partial charge in [-0.3, -0.25) is 0 Å². The predicted molar refractivity (Wildman–Crippen MR) is 57.8 cm³/mol. The third kappa shape index (κ3) is 3.42. The summed E-state index contributed by atoms with van der Waals surface area (Å²) < 4.78 is 0. The number of phenols is 2. The van der Waals surface area contributed by atoms with Gasteiger partial charge in [0.25, 0.3) is 0 Å². The maximum absolute atomic E-state index is 9.25. The number of aromatic hydroxyl groups is 2. The fourth-order valence-corrected chi connectivity index (χ4v) is 1.28. The molecule has 1 rings (SSSR count). The molecule has 0 unspecified atom stereocenters. The topological polar surface area (TPSA) is 72.7 Å². The first-order chi connectivity index (χ1) is 7.17. The summed E-state index contributed by atoms with van der Waals surface area (Å²) >= 11 is 0. The SMILES string of the molecule is CC[C@H](CO)NCc1ccc(O)c(O)c1.